The van der Waals surface area contributed by atoms with Gasteiger partial charge in [0, 0.05) is 25.1 Å². The first kappa shape index (κ1) is 11.2. The Labute approximate surface area is 74.3 Å². The second-order valence-corrected chi connectivity index (χ2v) is 3.71. The van der Waals surface area contributed by atoms with Crippen LogP contribution in [0.5, 0.6) is 0 Å². The number of ether oxygens (including phenoxy) is 1. The van der Waals surface area contributed by atoms with E-state index >= 15 is 0 Å². The van der Waals surface area contributed by atoms with Gasteiger partial charge < -0.3 is 10.1 Å². The fourth-order valence-electron chi connectivity index (χ4n) is 0.551. The zero-order valence-electron chi connectivity index (χ0n) is 7.78. The lowest BCUT2D eigenvalue weighted by molar-refractivity contribution is 0.111. The van der Waals surface area contributed by atoms with Crippen molar-refractivity contribution in [1.29, 1.82) is 0 Å². The van der Waals surface area contributed by atoms with Crippen molar-refractivity contribution in [3.63, 3.8) is 0 Å². The first-order chi connectivity index (χ1) is 5.02. The van der Waals surface area contributed by atoms with Crippen LogP contribution in [0.1, 0.15) is 20.8 Å². The number of rotatable bonds is 5. The molecule has 0 aromatic carbocycles. The van der Waals surface area contributed by atoms with Crippen molar-refractivity contribution in [2.45, 2.75) is 32.4 Å². The molecule has 1 N–H and O–H groups in total. The summed E-state index contributed by atoms with van der Waals surface area (Å²) in [5, 5.41) is 3.30. The number of halogens is 1. The zero-order valence-corrected chi connectivity index (χ0v) is 8.53. The molecule has 0 aliphatic heterocycles. The van der Waals surface area contributed by atoms with E-state index in [4.69, 9.17) is 16.3 Å². The normalized spacial score (nSPS) is 15.0. The molecule has 0 saturated carbocycles. The third kappa shape index (κ3) is 5.48. The summed E-state index contributed by atoms with van der Waals surface area (Å²) in [7, 11) is 1.71. The van der Waals surface area contributed by atoms with Crippen LogP contribution < -0.4 is 5.32 Å². The van der Waals surface area contributed by atoms with Gasteiger partial charge in [0.1, 0.15) is 0 Å². The molecule has 0 radical (unpaired) electrons. The lowest BCUT2D eigenvalue weighted by Crippen LogP contribution is -2.44. The number of methoxy groups -OCH3 is 1. The standard InChI is InChI=1S/C8H18ClNO/c1-7(11-4)5-10-8(2,3)6-9/h7,10H,5-6H2,1-4H3. The van der Waals surface area contributed by atoms with Gasteiger partial charge in [-0.05, 0) is 20.8 Å². The molecule has 1 atom stereocenters. The van der Waals surface area contributed by atoms with Crippen LogP contribution in [-0.2, 0) is 4.74 Å². The van der Waals surface area contributed by atoms with Crippen molar-refractivity contribution in [2.24, 2.45) is 0 Å². The van der Waals surface area contributed by atoms with E-state index in [1.807, 2.05) is 6.92 Å². The van der Waals surface area contributed by atoms with Crippen LogP contribution in [0.25, 0.3) is 0 Å². The molecule has 68 valence electrons. The molecule has 11 heavy (non-hydrogen) atoms. The number of hydrogen-bond acceptors (Lipinski definition) is 2. The van der Waals surface area contributed by atoms with Crippen molar-refractivity contribution in [1.82, 2.24) is 5.32 Å². The van der Waals surface area contributed by atoms with Crippen molar-refractivity contribution in [3.8, 4) is 0 Å². The number of nitrogens with one attached hydrogen (secondary N) is 1. The van der Waals surface area contributed by atoms with E-state index in [0.29, 0.717) is 5.88 Å². The second-order valence-electron chi connectivity index (χ2n) is 3.44. The molecular formula is C8H18ClNO. The van der Waals surface area contributed by atoms with Crippen molar-refractivity contribution < 1.29 is 4.74 Å². The number of alkyl halides is 1. The largest absolute Gasteiger partial charge is 0.380 e. The highest BCUT2D eigenvalue weighted by molar-refractivity contribution is 6.18. The Balaban J connectivity index is 3.52. The van der Waals surface area contributed by atoms with E-state index in [0.717, 1.165) is 6.54 Å². The van der Waals surface area contributed by atoms with Crippen LogP contribution in [0.15, 0.2) is 0 Å². The first-order valence-electron chi connectivity index (χ1n) is 3.85. The van der Waals surface area contributed by atoms with Gasteiger partial charge in [-0.15, -0.1) is 11.6 Å². The minimum Gasteiger partial charge on any atom is -0.380 e. The third-order valence-corrected chi connectivity index (χ3v) is 2.27. The summed E-state index contributed by atoms with van der Waals surface area (Å²) >= 11 is 5.72. The Morgan fingerprint density at radius 1 is 1.55 bits per heavy atom. The Hall–Kier alpha value is 0.210. The van der Waals surface area contributed by atoms with Gasteiger partial charge in [0.05, 0.1) is 6.10 Å². The van der Waals surface area contributed by atoms with Crippen molar-refractivity contribution in [2.75, 3.05) is 19.5 Å². The maximum absolute atomic E-state index is 5.72. The monoisotopic (exact) mass is 179 g/mol. The van der Waals surface area contributed by atoms with Crippen LogP contribution >= 0.6 is 11.6 Å². The molecule has 0 bridgehead atoms. The Kier molecular flexibility index (Phi) is 5.06. The highest BCUT2D eigenvalue weighted by Crippen LogP contribution is 2.04. The maximum atomic E-state index is 5.72. The molecule has 0 aliphatic rings. The highest BCUT2D eigenvalue weighted by atomic mass is 35.5. The quantitative estimate of drug-likeness (QED) is 0.648. The Morgan fingerprint density at radius 3 is 2.45 bits per heavy atom. The Morgan fingerprint density at radius 2 is 2.09 bits per heavy atom. The summed E-state index contributed by atoms with van der Waals surface area (Å²) in [4.78, 5) is 0. The summed E-state index contributed by atoms with van der Waals surface area (Å²) in [6.07, 6.45) is 0.248. The summed E-state index contributed by atoms with van der Waals surface area (Å²) in [6.45, 7) is 7.01. The summed E-state index contributed by atoms with van der Waals surface area (Å²) < 4.78 is 5.08. The van der Waals surface area contributed by atoms with Crippen molar-refractivity contribution in [3.05, 3.63) is 0 Å². The van der Waals surface area contributed by atoms with E-state index in [1.54, 1.807) is 7.11 Å². The molecular weight excluding hydrogens is 162 g/mol. The molecule has 0 amide bonds. The SMILES string of the molecule is COC(C)CNC(C)(C)CCl. The van der Waals surface area contributed by atoms with E-state index in [2.05, 4.69) is 19.2 Å². The topological polar surface area (TPSA) is 21.3 Å². The molecule has 0 rings (SSSR count). The van der Waals surface area contributed by atoms with Crippen molar-refractivity contribution >= 4 is 11.6 Å². The van der Waals surface area contributed by atoms with E-state index in [1.165, 1.54) is 0 Å². The smallest absolute Gasteiger partial charge is 0.0667 e. The summed E-state index contributed by atoms with van der Waals surface area (Å²) in [5.41, 5.74) is 0.00828. The maximum Gasteiger partial charge on any atom is 0.0667 e. The van der Waals surface area contributed by atoms with E-state index in [9.17, 15) is 0 Å². The molecule has 3 heteroatoms. The molecule has 0 aromatic heterocycles. The molecule has 0 spiro atoms. The van der Waals surface area contributed by atoms with Crippen LogP contribution in [0.2, 0.25) is 0 Å². The predicted octanol–water partition coefficient (Wildman–Crippen LogP) is 1.63. The molecule has 0 aromatic rings. The lowest BCUT2D eigenvalue weighted by atomic mass is 10.1. The van der Waals surface area contributed by atoms with Gasteiger partial charge >= 0.3 is 0 Å². The molecule has 0 fully saturated rings. The van der Waals surface area contributed by atoms with Gasteiger partial charge in [0.25, 0.3) is 0 Å². The minimum absolute atomic E-state index is 0.00828. The highest BCUT2D eigenvalue weighted by Gasteiger charge is 2.15. The van der Waals surface area contributed by atoms with Gasteiger partial charge in [-0.25, -0.2) is 0 Å². The molecule has 0 aliphatic carbocycles. The Bertz CT molecular complexity index is 106. The van der Waals surface area contributed by atoms with Crippen LogP contribution in [0.3, 0.4) is 0 Å². The third-order valence-electron chi connectivity index (χ3n) is 1.60. The second kappa shape index (κ2) is 4.96. The molecule has 2 nitrogen and oxygen atoms in total. The predicted molar refractivity (Wildman–Crippen MR) is 49.3 cm³/mol. The van der Waals surface area contributed by atoms with E-state index < -0.39 is 0 Å². The first-order valence-corrected chi connectivity index (χ1v) is 4.39. The van der Waals surface area contributed by atoms with Crippen LogP contribution in [0.4, 0.5) is 0 Å². The summed E-state index contributed by atoms with van der Waals surface area (Å²) in [6, 6.07) is 0. The zero-order chi connectivity index (χ0) is 8.91. The van der Waals surface area contributed by atoms with E-state index in [-0.39, 0.29) is 11.6 Å². The molecule has 0 saturated heterocycles. The van der Waals surface area contributed by atoms with Gasteiger partial charge in [-0.3, -0.25) is 0 Å². The van der Waals surface area contributed by atoms with Crippen LogP contribution in [0, 0.1) is 0 Å². The van der Waals surface area contributed by atoms with Gasteiger partial charge in [-0.2, -0.15) is 0 Å². The van der Waals surface area contributed by atoms with Gasteiger partial charge in [-0.1, -0.05) is 0 Å². The van der Waals surface area contributed by atoms with Crippen LogP contribution in [-0.4, -0.2) is 31.2 Å². The number of hydrogen-bond donors (Lipinski definition) is 1. The summed E-state index contributed by atoms with van der Waals surface area (Å²) in [5.74, 6) is 0.615. The fraction of sp³-hybridized carbons (Fsp3) is 1.00. The van der Waals surface area contributed by atoms with Gasteiger partial charge in [0.2, 0.25) is 0 Å². The van der Waals surface area contributed by atoms with Gasteiger partial charge in [0.15, 0.2) is 0 Å². The minimum atomic E-state index is 0.00828. The molecule has 1 unspecified atom stereocenters. The average Bonchev–Trinajstić information content (AvgIpc) is 2.00. The fourth-order valence-corrected chi connectivity index (χ4v) is 0.645. The average molecular weight is 180 g/mol. The molecule has 0 heterocycles. The lowest BCUT2D eigenvalue weighted by Gasteiger charge is -2.25.